The van der Waals surface area contributed by atoms with Gasteiger partial charge in [0.1, 0.15) is 5.82 Å². The SMILES string of the molecule is CCN(CCCBr)Cc1cc(F)ccc1C. The molecule has 1 nitrogen and oxygen atoms in total. The Kier molecular flexibility index (Phi) is 5.99. The van der Waals surface area contributed by atoms with Crippen LogP contribution >= 0.6 is 15.9 Å². The van der Waals surface area contributed by atoms with Crippen LogP contribution in [0.2, 0.25) is 0 Å². The molecule has 3 heteroatoms. The molecule has 0 saturated heterocycles. The third-order valence-electron chi connectivity index (χ3n) is 2.76. The molecule has 0 saturated carbocycles. The summed E-state index contributed by atoms with van der Waals surface area (Å²) in [5.41, 5.74) is 2.26. The van der Waals surface area contributed by atoms with Crippen LogP contribution in [-0.4, -0.2) is 23.3 Å². The molecular formula is C13H19BrFN. The number of nitrogens with zero attached hydrogens (tertiary/aromatic N) is 1. The molecule has 0 bridgehead atoms. The van der Waals surface area contributed by atoms with Crippen LogP contribution in [0.3, 0.4) is 0 Å². The zero-order chi connectivity index (χ0) is 12.0. The van der Waals surface area contributed by atoms with Crippen molar-refractivity contribution >= 4 is 15.9 Å². The average Bonchev–Trinajstić information content (AvgIpc) is 2.28. The number of aryl methyl sites for hydroxylation is 1. The van der Waals surface area contributed by atoms with Crippen LogP contribution in [0.15, 0.2) is 18.2 Å². The van der Waals surface area contributed by atoms with Crippen molar-refractivity contribution in [3.63, 3.8) is 0 Å². The van der Waals surface area contributed by atoms with E-state index in [9.17, 15) is 4.39 Å². The second-order valence-corrected chi connectivity index (χ2v) is 4.78. The fourth-order valence-electron chi connectivity index (χ4n) is 1.68. The van der Waals surface area contributed by atoms with Crippen LogP contribution in [0, 0.1) is 12.7 Å². The first-order valence-corrected chi connectivity index (χ1v) is 6.83. The molecule has 0 aliphatic rings. The number of benzene rings is 1. The zero-order valence-electron chi connectivity index (χ0n) is 9.97. The lowest BCUT2D eigenvalue weighted by atomic mass is 10.1. The van der Waals surface area contributed by atoms with Crippen LogP contribution < -0.4 is 0 Å². The van der Waals surface area contributed by atoms with Crippen molar-refractivity contribution in [1.82, 2.24) is 4.90 Å². The van der Waals surface area contributed by atoms with Gasteiger partial charge in [-0.05, 0) is 49.7 Å². The van der Waals surface area contributed by atoms with Crippen LogP contribution in [0.25, 0.3) is 0 Å². The van der Waals surface area contributed by atoms with Gasteiger partial charge in [-0.2, -0.15) is 0 Å². The lowest BCUT2D eigenvalue weighted by Gasteiger charge is -2.21. The maximum absolute atomic E-state index is 13.1. The Morgan fingerprint density at radius 2 is 2.12 bits per heavy atom. The van der Waals surface area contributed by atoms with E-state index >= 15 is 0 Å². The average molecular weight is 288 g/mol. The lowest BCUT2D eigenvalue weighted by molar-refractivity contribution is 0.281. The molecule has 0 atom stereocenters. The third-order valence-corrected chi connectivity index (χ3v) is 3.32. The molecule has 0 radical (unpaired) electrons. The van der Waals surface area contributed by atoms with E-state index in [-0.39, 0.29) is 5.82 Å². The first-order valence-electron chi connectivity index (χ1n) is 5.70. The van der Waals surface area contributed by atoms with Gasteiger partial charge in [0, 0.05) is 11.9 Å². The Morgan fingerprint density at radius 1 is 1.38 bits per heavy atom. The monoisotopic (exact) mass is 287 g/mol. The molecule has 0 spiro atoms. The van der Waals surface area contributed by atoms with Crippen LogP contribution in [0.5, 0.6) is 0 Å². The quantitative estimate of drug-likeness (QED) is 0.721. The van der Waals surface area contributed by atoms with Gasteiger partial charge in [0.05, 0.1) is 0 Å². The van der Waals surface area contributed by atoms with Crippen molar-refractivity contribution in [3.05, 3.63) is 35.1 Å². The maximum atomic E-state index is 13.1. The second-order valence-electron chi connectivity index (χ2n) is 3.98. The van der Waals surface area contributed by atoms with Gasteiger partial charge in [-0.3, -0.25) is 4.90 Å². The molecule has 0 aliphatic heterocycles. The van der Waals surface area contributed by atoms with Crippen molar-refractivity contribution in [2.45, 2.75) is 26.8 Å². The molecule has 0 heterocycles. The van der Waals surface area contributed by atoms with E-state index in [0.717, 1.165) is 36.9 Å². The summed E-state index contributed by atoms with van der Waals surface area (Å²) in [6.07, 6.45) is 1.13. The summed E-state index contributed by atoms with van der Waals surface area (Å²) in [4.78, 5) is 2.34. The van der Waals surface area contributed by atoms with Gasteiger partial charge in [-0.1, -0.05) is 28.9 Å². The Balaban J connectivity index is 2.65. The molecule has 90 valence electrons. The van der Waals surface area contributed by atoms with E-state index < -0.39 is 0 Å². The highest BCUT2D eigenvalue weighted by molar-refractivity contribution is 9.09. The molecule has 0 aromatic heterocycles. The Bertz CT molecular complexity index is 328. The third kappa shape index (κ3) is 4.22. The van der Waals surface area contributed by atoms with Crippen molar-refractivity contribution in [2.75, 3.05) is 18.4 Å². The Morgan fingerprint density at radius 3 is 2.75 bits per heavy atom. The summed E-state index contributed by atoms with van der Waals surface area (Å²) in [6.45, 7) is 7.07. The van der Waals surface area contributed by atoms with Crippen molar-refractivity contribution in [2.24, 2.45) is 0 Å². The molecule has 0 amide bonds. The zero-order valence-corrected chi connectivity index (χ0v) is 11.6. The standard InChI is InChI=1S/C13H19BrFN/c1-3-16(8-4-7-14)10-12-9-13(15)6-5-11(12)2/h5-6,9H,3-4,7-8,10H2,1-2H3. The summed E-state index contributed by atoms with van der Waals surface area (Å²) < 4.78 is 13.1. The van der Waals surface area contributed by atoms with Crippen LogP contribution in [-0.2, 0) is 6.54 Å². The van der Waals surface area contributed by atoms with E-state index in [0.29, 0.717) is 0 Å². The normalized spacial score (nSPS) is 11.1. The highest BCUT2D eigenvalue weighted by Crippen LogP contribution is 2.13. The largest absolute Gasteiger partial charge is 0.299 e. The Hall–Kier alpha value is -0.410. The van der Waals surface area contributed by atoms with Gasteiger partial charge in [0.2, 0.25) is 0 Å². The van der Waals surface area contributed by atoms with Crippen LogP contribution in [0.4, 0.5) is 4.39 Å². The molecule has 0 N–H and O–H groups in total. The molecule has 0 fully saturated rings. The molecule has 1 aromatic rings. The predicted molar refractivity (Wildman–Crippen MR) is 70.5 cm³/mol. The minimum absolute atomic E-state index is 0.142. The summed E-state index contributed by atoms with van der Waals surface area (Å²) in [5, 5.41) is 1.02. The van der Waals surface area contributed by atoms with Crippen molar-refractivity contribution in [1.29, 1.82) is 0 Å². The molecule has 0 aliphatic carbocycles. The van der Waals surface area contributed by atoms with Gasteiger partial charge in [0.25, 0.3) is 0 Å². The van der Waals surface area contributed by atoms with Gasteiger partial charge in [-0.25, -0.2) is 4.39 Å². The number of alkyl halides is 1. The van der Waals surface area contributed by atoms with Crippen molar-refractivity contribution in [3.8, 4) is 0 Å². The lowest BCUT2D eigenvalue weighted by Crippen LogP contribution is -2.24. The summed E-state index contributed by atoms with van der Waals surface area (Å²) in [7, 11) is 0. The molecule has 1 aromatic carbocycles. The number of hydrogen-bond acceptors (Lipinski definition) is 1. The molecule has 0 unspecified atom stereocenters. The van der Waals surface area contributed by atoms with E-state index in [4.69, 9.17) is 0 Å². The Labute approximate surface area is 106 Å². The second kappa shape index (κ2) is 7.02. The minimum atomic E-state index is -0.142. The van der Waals surface area contributed by atoms with Gasteiger partial charge >= 0.3 is 0 Å². The van der Waals surface area contributed by atoms with Gasteiger partial charge in [-0.15, -0.1) is 0 Å². The summed E-state index contributed by atoms with van der Waals surface area (Å²) in [5.74, 6) is -0.142. The smallest absolute Gasteiger partial charge is 0.123 e. The fraction of sp³-hybridized carbons (Fsp3) is 0.538. The first kappa shape index (κ1) is 13.7. The topological polar surface area (TPSA) is 3.24 Å². The minimum Gasteiger partial charge on any atom is -0.299 e. The fourth-order valence-corrected chi connectivity index (χ4v) is 1.93. The number of rotatable bonds is 6. The highest BCUT2D eigenvalue weighted by atomic mass is 79.9. The van der Waals surface area contributed by atoms with E-state index in [1.54, 1.807) is 6.07 Å². The van der Waals surface area contributed by atoms with E-state index in [1.165, 1.54) is 11.6 Å². The number of halogens is 2. The predicted octanol–water partition coefficient (Wildman–Crippen LogP) is 3.74. The maximum Gasteiger partial charge on any atom is 0.123 e. The van der Waals surface area contributed by atoms with Crippen molar-refractivity contribution < 1.29 is 4.39 Å². The summed E-state index contributed by atoms with van der Waals surface area (Å²) >= 11 is 3.43. The summed E-state index contributed by atoms with van der Waals surface area (Å²) in [6, 6.07) is 5.02. The van der Waals surface area contributed by atoms with Gasteiger partial charge < -0.3 is 0 Å². The van der Waals surface area contributed by atoms with Gasteiger partial charge in [0.15, 0.2) is 0 Å². The van der Waals surface area contributed by atoms with E-state index in [2.05, 4.69) is 27.8 Å². The molecular weight excluding hydrogens is 269 g/mol. The number of hydrogen-bond donors (Lipinski definition) is 0. The molecule has 1 rings (SSSR count). The van der Waals surface area contributed by atoms with E-state index in [1.807, 2.05) is 13.0 Å². The highest BCUT2D eigenvalue weighted by Gasteiger charge is 2.06. The first-order chi connectivity index (χ1) is 7.67. The molecule has 16 heavy (non-hydrogen) atoms. The van der Waals surface area contributed by atoms with Crippen LogP contribution in [0.1, 0.15) is 24.5 Å².